The highest BCUT2D eigenvalue weighted by Gasteiger charge is 2.76. The molecule has 0 radical (unpaired) electrons. The van der Waals surface area contributed by atoms with Gasteiger partial charge in [-0.05, 0) is 27.2 Å². The molecule has 102 valence electrons. The summed E-state index contributed by atoms with van der Waals surface area (Å²) in [4.78, 5) is 14.0. The van der Waals surface area contributed by atoms with Gasteiger partial charge in [0.25, 0.3) is 0 Å². The topological polar surface area (TPSA) is 50.8 Å². The van der Waals surface area contributed by atoms with Crippen LogP contribution in [0.2, 0.25) is 0 Å². The summed E-state index contributed by atoms with van der Waals surface area (Å²) < 4.78 is 11.3. The van der Waals surface area contributed by atoms with Crippen LogP contribution in [-0.4, -0.2) is 55.0 Å². The lowest BCUT2D eigenvalue weighted by molar-refractivity contribution is -0.00827. The molecule has 1 saturated carbocycles. The summed E-state index contributed by atoms with van der Waals surface area (Å²) in [6, 6.07) is 0. The van der Waals surface area contributed by atoms with E-state index in [0.29, 0.717) is 12.7 Å². The second-order valence-electron chi connectivity index (χ2n) is 6.83. The Balaban J connectivity index is 1.80. The zero-order valence-corrected chi connectivity index (χ0v) is 11.6. The van der Waals surface area contributed by atoms with Gasteiger partial charge in [0.05, 0.1) is 18.2 Å². The quantitative estimate of drug-likeness (QED) is 0.758. The lowest BCUT2D eigenvalue weighted by Gasteiger charge is -2.40. The minimum atomic E-state index is -0.455. The zero-order valence-electron chi connectivity index (χ0n) is 11.6. The molecule has 3 fully saturated rings. The van der Waals surface area contributed by atoms with Gasteiger partial charge in [0, 0.05) is 25.6 Å². The van der Waals surface area contributed by atoms with Crippen LogP contribution in [0.15, 0.2) is 0 Å². The number of nitrogens with zero attached hydrogens (tertiary/aromatic N) is 1. The van der Waals surface area contributed by atoms with Crippen LogP contribution in [0.5, 0.6) is 0 Å². The van der Waals surface area contributed by atoms with Gasteiger partial charge in [0.2, 0.25) is 0 Å². The maximum absolute atomic E-state index is 12.3. The van der Waals surface area contributed by atoms with Gasteiger partial charge in [-0.25, -0.2) is 4.79 Å². The van der Waals surface area contributed by atoms with Crippen molar-refractivity contribution in [2.24, 2.45) is 5.41 Å². The van der Waals surface area contributed by atoms with Gasteiger partial charge in [0.15, 0.2) is 0 Å². The molecule has 0 aromatic heterocycles. The first-order valence-corrected chi connectivity index (χ1v) is 6.60. The lowest BCUT2D eigenvalue weighted by atomic mass is 9.84. The van der Waals surface area contributed by atoms with Crippen molar-refractivity contribution in [1.82, 2.24) is 10.2 Å². The van der Waals surface area contributed by atoms with Crippen LogP contribution in [-0.2, 0) is 9.47 Å². The van der Waals surface area contributed by atoms with Gasteiger partial charge in [0.1, 0.15) is 5.60 Å². The number of carbonyl (C=O) groups excluding carboxylic acids is 1. The minimum Gasteiger partial charge on any atom is -0.444 e. The van der Waals surface area contributed by atoms with E-state index in [1.165, 1.54) is 0 Å². The Kier molecular flexibility index (Phi) is 2.31. The Morgan fingerprint density at radius 1 is 1.44 bits per heavy atom. The molecule has 2 heterocycles. The van der Waals surface area contributed by atoms with Crippen molar-refractivity contribution in [3.8, 4) is 0 Å². The predicted molar refractivity (Wildman–Crippen MR) is 66.4 cm³/mol. The van der Waals surface area contributed by atoms with Crippen molar-refractivity contribution in [2.45, 2.75) is 44.4 Å². The summed E-state index contributed by atoms with van der Waals surface area (Å²) in [6.07, 6.45) is 1.15. The van der Waals surface area contributed by atoms with Crippen molar-refractivity contribution in [3.63, 3.8) is 0 Å². The summed E-state index contributed by atoms with van der Waals surface area (Å²) in [5.41, 5.74) is -0.526. The Bertz CT molecular complexity index is 388. The van der Waals surface area contributed by atoms with Crippen molar-refractivity contribution < 1.29 is 14.3 Å². The average Bonchev–Trinajstić information content (AvgIpc) is 2.68. The zero-order chi connectivity index (χ0) is 13.2. The van der Waals surface area contributed by atoms with E-state index in [0.717, 1.165) is 19.5 Å². The Hall–Kier alpha value is -0.810. The largest absolute Gasteiger partial charge is 0.444 e. The third-order valence-electron chi connectivity index (χ3n) is 4.62. The fourth-order valence-corrected chi connectivity index (χ4v) is 3.49. The maximum Gasteiger partial charge on any atom is 0.410 e. The van der Waals surface area contributed by atoms with Crippen molar-refractivity contribution in [3.05, 3.63) is 0 Å². The van der Waals surface area contributed by atoms with Crippen molar-refractivity contribution in [2.75, 3.05) is 26.7 Å². The van der Waals surface area contributed by atoms with Crippen LogP contribution in [0, 0.1) is 5.41 Å². The second-order valence-corrected chi connectivity index (χ2v) is 6.83. The Labute approximate surface area is 108 Å². The van der Waals surface area contributed by atoms with E-state index in [1.54, 1.807) is 4.90 Å². The molecule has 18 heavy (non-hydrogen) atoms. The number of rotatable bonds is 1. The predicted octanol–water partition coefficient (Wildman–Crippen LogP) is 0.984. The number of hydrogen-bond acceptors (Lipinski definition) is 4. The lowest BCUT2D eigenvalue weighted by Crippen LogP contribution is -2.58. The van der Waals surface area contributed by atoms with E-state index < -0.39 is 5.60 Å². The fourth-order valence-electron chi connectivity index (χ4n) is 3.49. The minimum absolute atomic E-state index is 0.138. The number of likely N-dealkylation sites (N-methyl/N-ethyl adjacent to an activating group) is 1. The third-order valence-corrected chi connectivity index (χ3v) is 4.62. The van der Waals surface area contributed by atoms with E-state index in [2.05, 4.69) is 5.32 Å². The highest BCUT2D eigenvalue weighted by atomic mass is 16.6. The standard InChI is InChI=1S/C13H22N2O3/c1-11(2,3)18-10(16)15(4)13-7-14-6-12(13)5-9(12)17-8-13/h9,14H,5-8H2,1-4H3/t9?,12?,13-/m0/s1. The van der Waals surface area contributed by atoms with Crippen LogP contribution in [0.3, 0.4) is 0 Å². The fraction of sp³-hybridized carbons (Fsp3) is 0.923. The summed E-state index contributed by atoms with van der Waals surface area (Å²) in [7, 11) is 1.84. The van der Waals surface area contributed by atoms with Crippen LogP contribution >= 0.6 is 0 Å². The summed E-state index contributed by atoms with van der Waals surface area (Å²) in [6.45, 7) is 8.06. The first-order valence-electron chi connectivity index (χ1n) is 6.60. The molecule has 0 bridgehead atoms. The Morgan fingerprint density at radius 3 is 2.78 bits per heavy atom. The second kappa shape index (κ2) is 3.39. The molecular formula is C13H22N2O3. The molecule has 3 rings (SSSR count). The van der Waals surface area contributed by atoms with Gasteiger partial charge in [-0.1, -0.05) is 0 Å². The van der Waals surface area contributed by atoms with E-state index in [1.807, 2.05) is 27.8 Å². The number of amides is 1. The van der Waals surface area contributed by atoms with Gasteiger partial charge >= 0.3 is 6.09 Å². The molecule has 0 aromatic rings. The first kappa shape index (κ1) is 12.2. The molecule has 1 spiro atoms. The SMILES string of the molecule is CN(C(=O)OC(C)(C)C)[C@]12CNCC13CC3OC2. The van der Waals surface area contributed by atoms with Crippen LogP contribution in [0.1, 0.15) is 27.2 Å². The van der Waals surface area contributed by atoms with Crippen LogP contribution in [0.25, 0.3) is 0 Å². The van der Waals surface area contributed by atoms with E-state index >= 15 is 0 Å². The number of hydrogen-bond donors (Lipinski definition) is 1. The summed E-state index contributed by atoms with van der Waals surface area (Å²) in [5.74, 6) is 0. The number of carbonyl (C=O) groups is 1. The number of ether oxygens (including phenoxy) is 2. The van der Waals surface area contributed by atoms with Gasteiger partial charge in [-0.15, -0.1) is 0 Å². The molecule has 2 saturated heterocycles. The average molecular weight is 254 g/mol. The maximum atomic E-state index is 12.3. The summed E-state index contributed by atoms with van der Waals surface area (Å²) >= 11 is 0. The third kappa shape index (κ3) is 1.43. The van der Waals surface area contributed by atoms with E-state index in [-0.39, 0.29) is 17.0 Å². The normalized spacial score (nSPS) is 41.2. The van der Waals surface area contributed by atoms with Crippen LogP contribution in [0.4, 0.5) is 4.79 Å². The number of nitrogens with one attached hydrogen (secondary N) is 1. The monoisotopic (exact) mass is 254 g/mol. The van der Waals surface area contributed by atoms with Crippen LogP contribution < -0.4 is 5.32 Å². The first-order chi connectivity index (χ1) is 8.31. The molecule has 3 atom stereocenters. The van der Waals surface area contributed by atoms with Gasteiger partial charge in [-0.2, -0.15) is 0 Å². The molecule has 2 aliphatic heterocycles. The van der Waals surface area contributed by atoms with Gasteiger partial charge in [-0.3, -0.25) is 0 Å². The van der Waals surface area contributed by atoms with Crippen molar-refractivity contribution in [1.29, 1.82) is 0 Å². The van der Waals surface area contributed by atoms with Crippen molar-refractivity contribution >= 4 is 6.09 Å². The molecule has 0 aromatic carbocycles. The summed E-state index contributed by atoms with van der Waals surface area (Å²) in [5, 5.41) is 3.42. The molecule has 1 amide bonds. The molecule has 5 nitrogen and oxygen atoms in total. The Morgan fingerprint density at radius 2 is 2.17 bits per heavy atom. The van der Waals surface area contributed by atoms with Gasteiger partial charge < -0.3 is 19.7 Å². The molecule has 3 aliphatic rings. The smallest absolute Gasteiger partial charge is 0.410 e. The molecule has 1 aliphatic carbocycles. The molecular weight excluding hydrogens is 232 g/mol. The van der Waals surface area contributed by atoms with E-state index in [4.69, 9.17) is 9.47 Å². The highest BCUT2D eigenvalue weighted by Crippen LogP contribution is 2.64. The molecule has 1 N–H and O–H groups in total. The highest BCUT2D eigenvalue weighted by molar-refractivity contribution is 5.70. The molecule has 2 unspecified atom stereocenters. The molecule has 5 heteroatoms. The van der Waals surface area contributed by atoms with E-state index in [9.17, 15) is 4.79 Å².